The lowest BCUT2D eigenvalue weighted by Gasteiger charge is -1.99. The van der Waals surface area contributed by atoms with Crippen LogP contribution in [-0.2, 0) is 0 Å². The third-order valence-corrected chi connectivity index (χ3v) is 2.87. The molecule has 0 fully saturated rings. The van der Waals surface area contributed by atoms with Crippen molar-refractivity contribution in [2.75, 3.05) is 0 Å². The number of fused-ring (bicyclic) bond motifs is 1. The van der Waals surface area contributed by atoms with Gasteiger partial charge >= 0.3 is 0 Å². The molecule has 0 aliphatic heterocycles. The molecule has 0 radical (unpaired) electrons. The van der Waals surface area contributed by atoms with Crippen LogP contribution in [-0.4, -0.2) is 15.0 Å². The van der Waals surface area contributed by atoms with Crippen molar-refractivity contribution in [1.82, 2.24) is 15.0 Å². The summed E-state index contributed by atoms with van der Waals surface area (Å²) >= 11 is 7.34. The van der Waals surface area contributed by atoms with Crippen LogP contribution in [0.5, 0.6) is 0 Å². The molecule has 0 amide bonds. The maximum Gasteiger partial charge on any atom is 0.225 e. The first-order valence-corrected chi connectivity index (χ1v) is 5.24. The number of rotatable bonds is 1. The maximum atomic E-state index is 5.78. The number of halogens is 1. The highest BCUT2D eigenvalue weighted by Gasteiger charge is 2.11. The highest BCUT2D eigenvalue weighted by Crippen LogP contribution is 2.27. The van der Waals surface area contributed by atoms with Crippen LogP contribution in [0.1, 0.15) is 17.6 Å². The molecule has 5 heteroatoms. The zero-order valence-electron chi connectivity index (χ0n) is 7.83. The van der Waals surface area contributed by atoms with Gasteiger partial charge in [0.15, 0.2) is 5.65 Å². The predicted octanol–water partition coefficient (Wildman–Crippen LogP) is 3.08. The van der Waals surface area contributed by atoms with E-state index in [9.17, 15) is 0 Å². The first-order valence-electron chi connectivity index (χ1n) is 4.04. The van der Waals surface area contributed by atoms with Gasteiger partial charge in [-0.1, -0.05) is 6.58 Å². The minimum Gasteiger partial charge on any atom is -0.222 e. The van der Waals surface area contributed by atoms with E-state index in [1.165, 1.54) is 0 Å². The van der Waals surface area contributed by atoms with Gasteiger partial charge in [0.1, 0.15) is 0 Å². The van der Waals surface area contributed by atoms with E-state index in [-0.39, 0.29) is 5.28 Å². The van der Waals surface area contributed by atoms with Gasteiger partial charge in [-0.25, -0.2) is 9.97 Å². The van der Waals surface area contributed by atoms with Crippen molar-refractivity contribution in [2.45, 2.75) is 13.8 Å². The van der Waals surface area contributed by atoms with Crippen LogP contribution in [0.4, 0.5) is 0 Å². The Bertz CT molecular complexity index is 518. The monoisotopic (exact) mass is 225 g/mol. The Kier molecular flexibility index (Phi) is 2.25. The average molecular weight is 226 g/mol. The van der Waals surface area contributed by atoms with Crippen molar-refractivity contribution in [1.29, 1.82) is 0 Å². The first-order chi connectivity index (χ1) is 6.58. The average Bonchev–Trinajstić information content (AvgIpc) is 2.42. The van der Waals surface area contributed by atoms with Gasteiger partial charge < -0.3 is 0 Å². The second-order valence-corrected chi connectivity index (χ2v) is 4.55. The molecule has 0 aliphatic rings. The number of hydrogen-bond donors (Lipinski definition) is 0. The second-order valence-electron chi connectivity index (χ2n) is 3.01. The van der Waals surface area contributed by atoms with Crippen LogP contribution < -0.4 is 0 Å². The Morgan fingerprint density at radius 1 is 1.36 bits per heavy atom. The van der Waals surface area contributed by atoms with Gasteiger partial charge in [0.25, 0.3) is 0 Å². The van der Waals surface area contributed by atoms with E-state index in [0.29, 0.717) is 5.65 Å². The zero-order valence-corrected chi connectivity index (χ0v) is 9.41. The van der Waals surface area contributed by atoms with Crippen LogP contribution in [0.2, 0.25) is 5.28 Å². The molecular weight excluding hydrogens is 218 g/mol. The van der Waals surface area contributed by atoms with E-state index in [0.717, 1.165) is 21.0 Å². The molecule has 0 saturated carbocycles. The molecule has 0 saturated heterocycles. The van der Waals surface area contributed by atoms with Crippen molar-refractivity contribution < 1.29 is 0 Å². The molecule has 14 heavy (non-hydrogen) atoms. The number of thiazole rings is 1. The van der Waals surface area contributed by atoms with Crippen molar-refractivity contribution >= 4 is 38.9 Å². The summed E-state index contributed by atoms with van der Waals surface area (Å²) in [7, 11) is 0. The summed E-state index contributed by atoms with van der Waals surface area (Å²) in [6.45, 7) is 7.68. The Morgan fingerprint density at radius 3 is 2.71 bits per heavy atom. The normalized spacial score (nSPS) is 10.8. The number of hydrogen-bond acceptors (Lipinski definition) is 4. The van der Waals surface area contributed by atoms with E-state index in [2.05, 4.69) is 21.5 Å². The van der Waals surface area contributed by atoms with Gasteiger partial charge in [-0.2, -0.15) is 4.98 Å². The van der Waals surface area contributed by atoms with Crippen LogP contribution in [0.15, 0.2) is 6.58 Å². The van der Waals surface area contributed by atoms with Gasteiger partial charge in [0.05, 0.1) is 15.4 Å². The van der Waals surface area contributed by atoms with E-state index < -0.39 is 0 Å². The smallest absolute Gasteiger partial charge is 0.222 e. The van der Waals surface area contributed by atoms with E-state index >= 15 is 0 Å². The Hall–Kier alpha value is -1.00. The fourth-order valence-corrected chi connectivity index (χ4v) is 2.28. The highest BCUT2D eigenvalue weighted by atomic mass is 35.5. The molecule has 3 nitrogen and oxygen atoms in total. The lowest BCUT2D eigenvalue weighted by Crippen LogP contribution is -1.90. The molecule has 0 aliphatic carbocycles. The third kappa shape index (κ3) is 1.51. The van der Waals surface area contributed by atoms with E-state index in [1.807, 2.05) is 13.8 Å². The Balaban J connectivity index is 2.85. The summed E-state index contributed by atoms with van der Waals surface area (Å²) in [6, 6.07) is 0. The molecular formula is C9H8ClN3S. The topological polar surface area (TPSA) is 38.7 Å². The SMILES string of the molecule is C=C(C)c1nc(Cl)nc2nc(C)sc12. The molecule has 0 spiro atoms. The lowest BCUT2D eigenvalue weighted by atomic mass is 10.2. The number of nitrogens with zero attached hydrogens (tertiary/aromatic N) is 3. The molecule has 0 aromatic carbocycles. The van der Waals surface area contributed by atoms with Crippen LogP contribution >= 0.6 is 22.9 Å². The molecule has 0 N–H and O–H groups in total. The molecule has 0 atom stereocenters. The summed E-state index contributed by atoms with van der Waals surface area (Å²) in [5.74, 6) is 0. The van der Waals surface area contributed by atoms with Crippen molar-refractivity contribution in [3.63, 3.8) is 0 Å². The zero-order chi connectivity index (χ0) is 10.3. The van der Waals surface area contributed by atoms with Crippen molar-refractivity contribution in [2.24, 2.45) is 0 Å². The van der Waals surface area contributed by atoms with Crippen LogP contribution in [0, 0.1) is 6.92 Å². The van der Waals surface area contributed by atoms with Crippen molar-refractivity contribution in [3.05, 3.63) is 22.6 Å². The molecule has 2 aromatic heterocycles. The molecule has 2 heterocycles. The standard InChI is InChI=1S/C9H8ClN3S/c1-4(2)6-7-8(11-5(3)14-7)13-9(10)12-6/h1H2,2-3H3. The molecule has 0 unspecified atom stereocenters. The minimum absolute atomic E-state index is 0.223. The van der Waals surface area contributed by atoms with E-state index in [1.54, 1.807) is 11.3 Å². The van der Waals surface area contributed by atoms with Crippen LogP contribution in [0.3, 0.4) is 0 Å². The third-order valence-electron chi connectivity index (χ3n) is 1.74. The second kappa shape index (κ2) is 3.29. The predicted molar refractivity (Wildman–Crippen MR) is 59.7 cm³/mol. The summed E-state index contributed by atoms with van der Waals surface area (Å²) < 4.78 is 0.958. The quantitative estimate of drug-likeness (QED) is 0.700. The van der Waals surface area contributed by atoms with Crippen molar-refractivity contribution in [3.8, 4) is 0 Å². The van der Waals surface area contributed by atoms with Gasteiger partial charge in [-0.05, 0) is 31.0 Å². The summed E-state index contributed by atoms with van der Waals surface area (Å²) in [5, 5.41) is 1.18. The number of aryl methyl sites for hydroxylation is 1. The summed E-state index contributed by atoms with van der Waals surface area (Å²) in [4.78, 5) is 12.5. The van der Waals surface area contributed by atoms with E-state index in [4.69, 9.17) is 11.6 Å². The molecule has 2 aromatic rings. The lowest BCUT2D eigenvalue weighted by molar-refractivity contribution is 1.17. The first kappa shape index (κ1) is 9.55. The Morgan fingerprint density at radius 2 is 2.07 bits per heavy atom. The minimum atomic E-state index is 0.223. The van der Waals surface area contributed by atoms with Gasteiger partial charge in [0, 0.05) is 0 Å². The largest absolute Gasteiger partial charge is 0.225 e. The maximum absolute atomic E-state index is 5.78. The van der Waals surface area contributed by atoms with Gasteiger partial charge in [-0.3, -0.25) is 0 Å². The van der Waals surface area contributed by atoms with Gasteiger partial charge in [0.2, 0.25) is 5.28 Å². The fourth-order valence-electron chi connectivity index (χ4n) is 1.19. The Labute approximate surface area is 90.5 Å². The number of aromatic nitrogens is 3. The fraction of sp³-hybridized carbons (Fsp3) is 0.222. The van der Waals surface area contributed by atoms with Crippen LogP contribution in [0.25, 0.3) is 15.9 Å². The molecule has 2 rings (SSSR count). The summed E-state index contributed by atoms with van der Waals surface area (Å²) in [5.41, 5.74) is 2.33. The summed E-state index contributed by atoms with van der Waals surface area (Å²) in [6.07, 6.45) is 0. The highest BCUT2D eigenvalue weighted by molar-refractivity contribution is 7.18. The number of allylic oxidation sites excluding steroid dienone is 1. The van der Waals surface area contributed by atoms with Gasteiger partial charge in [-0.15, -0.1) is 11.3 Å². The molecule has 72 valence electrons. The molecule has 0 bridgehead atoms.